The van der Waals surface area contributed by atoms with E-state index in [1.54, 1.807) is 0 Å². The molecule has 15 heavy (non-hydrogen) atoms. The van der Waals surface area contributed by atoms with E-state index in [1.165, 1.54) is 6.92 Å². The Labute approximate surface area is 97.1 Å². The van der Waals surface area contributed by atoms with Crippen LogP contribution < -0.4 is 0 Å². The van der Waals surface area contributed by atoms with Gasteiger partial charge in [-0.2, -0.15) is 0 Å². The number of hydrogen-bond donors (Lipinski definition) is 1. The van der Waals surface area contributed by atoms with E-state index in [2.05, 4.69) is 21.7 Å². The summed E-state index contributed by atoms with van der Waals surface area (Å²) in [5.41, 5.74) is 4.84. The number of benzene rings is 1. The van der Waals surface area contributed by atoms with Crippen molar-refractivity contribution in [3.8, 4) is 0 Å². The number of hydrogen-bond acceptors (Lipinski definition) is 1. The van der Waals surface area contributed by atoms with Gasteiger partial charge < -0.3 is 5.11 Å². The van der Waals surface area contributed by atoms with Crippen LogP contribution in [-0.2, 0) is 4.79 Å². The molecule has 1 aromatic rings. The van der Waals surface area contributed by atoms with Gasteiger partial charge in [-0.3, -0.25) is 0 Å². The Morgan fingerprint density at radius 3 is 2.27 bits per heavy atom. The van der Waals surface area contributed by atoms with Gasteiger partial charge in [-0.25, -0.2) is 4.79 Å². The molecule has 1 aromatic carbocycles. The Balaban J connectivity index is 3.14. The van der Waals surface area contributed by atoms with Gasteiger partial charge >= 0.3 is 5.97 Å². The van der Waals surface area contributed by atoms with Gasteiger partial charge in [0.15, 0.2) is 0 Å². The molecule has 0 amide bonds. The molecular weight excluding hydrogens is 256 g/mol. The summed E-state index contributed by atoms with van der Waals surface area (Å²) in [5, 5.41) is 8.70. The summed E-state index contributed by atoms with van der Waals surface area (Å²) in [4.78, 5) is 10.6. The fourth-order valence-electron chi connectivity index (χ4n) is 1.11. The first-order chi connectivity index (χ1) is 7.00. The third kappa shape index (κ3) is 3.39. The fourth-order valence-corrected chi connectivity index (χ4v) is 1.37. The van der Waals surface area contributed by atoms with Crippen LogP contribution in [0.2, 0.25) is 0 Å². The van der Waals surface area contributed by atoms with Gasteiger partial charge in [0.05, 0.1) is 5.57 Å². The van der Waals surface area contributed by atoms with Crippen LogP contribution >= 0.6 is 15.9 Å². The second kappa shape index (κ2) is 4.96. The van der Waals surface area contributed by atoms with Crippen molar-refractivity contribution in [1.82, 2.24) is 0 Å². The Kier molecular flexibility index (Phi) is 3.89. The molecule has 1 N–H and O–H groups in total. The van der Waals surface area contributed by atoms with Crippen molar-refractivity contribution in [2.75, 3.05) is 0 Å². The van der Waals surface area contributed by atoms with Crippen LogP contribution in [0.5, 0.6) is 0 Å². The Hall–Kier alpha value is -1.31. The predicted molar refractivity (Wildman–Crippen MR) is 63.6 cm³/mol. The van der Waals surface area contributed by atoms with Crippen LogP contribution in [0, 0.1) is 0 Å². The second-order valence-corrected chi connectivity index (χ2v) is 4.10. The molecule has 0 radical (unpaired) electrons. The van der Waals surface area contributed by atoms with Gasteiger partial charge in [-0.1, -0.05) is 28.1 Å². The standard InChI is InChI=1S/C12H11BrO2/c1-8(7-9(2)12(14)15)10-3-5-11(13)6-4-10/h3-6H,1-2H3,(H,14,15). The fraction of sp³-hybridized carbons (Fsp3) is 0.167. The van der Waals surface area contributed by atoms with Crippen molar-refractivity contribution in [2.45, 2.75) is 13.8 Å². The maximum absolute atomic E-state index is 10.6. The number of carboxylic acids is 1. The zero-order valence-electron chi connectivity index (χ0n) is 8.54. The van der Waals surface area contributed by atoms with Crippen LogP contribution in [-0.4, -0.2) is 11.1 Å². The highest BCUT2D eigenvalue weighted by Gasteiger charge is 1.99. The lowest BCUT2D eigenvalue weighted by Gasteiger charge is -1.98. The van der Waals surface area contributed by atoms with E-state index >= 15 is 0 Å². The first kappa shape index (κ1) is 11.8. The van der Waals surface area contributed by atoms with Crippen molar-refractivity contribution in [3.63, 3.8) is 0 Å². The minimum Gasteiger partial charge on any atom is -0.477 e. The molecule has 0 saturated carbocycles. The number of rotatable bonds is 2. The lowest BCUT2D eigenvalue weighted by molar-refractivity contribution is -0.132. The zero-order valence-corrected chi connectivity index (χ0v) is 10.1. The van der Waals surface area contributed by atoms with Gasteiger partial charge in [-0.15, -0.1) is 5.73 Å². The van der Waals surface area contributed by atoms with Gasteiger partial charge in [0.1, 0.15) is 0 Å². The minimum atomic E-state index is -0.938. The summed E-state index contributed by atoms with van der Waals surface area (Å²) < 4.78 is 0.998. The molecule has 0 saturated heterocycles. The quantitative estimate of drug-likeness (QED) is 0.658. The van der Waals surface area contributed by atoms with Crippen LogP contribution in [0.15, 0.2) is 40.0 Å². The van der Waals surface area contributed by atoms with E-state index in [0.29, 0.717) is 0 Å². The molecule has 78 valence electrons. The molecule has 0 spiro atoms. The van der Waals surface area contributed by atoms with Crippen molar-refractivity contribution < 1.29 is 9.90 Å². The molecule has 0 unspecified atom stereocenters. The highest BCUT2D eigenvalue weighted by Crippen LogP contribution is 2.16. The Morgan fingerprint density at radius 2 is 1.80 bits per heavy atom. The van der Waals surface area contributed by atoms with E-state index in [4.69, 9.17) is 5.11 Å². The molecule has 1 rings (SSSR count). The SMILES string of the molecule is CC(=C=C(C)c1ccc(Br)cc1)C(=O)O. The van der Waals surface area contributed by atoms with Gasteiger partial charge in [0.2, 0.25) is 0 Å². The van der Waals surface area contributed by atoms with Gasteiger partial charge in [0.25, 0.3) is 0 Å². The minimum absolute atomic E-state index is 0.218. The average Bonchev–Trinajstić information content (AvgIpc) is 2.18. The molecule has 3 heteroatoms. The highest BCUT2D eigenvalue weighted by molar-refractivity contribution is 9.10. The van der Waals surface area contributed by atoms with E-state index in [0.717, 1.165) is 15.6 Å². The van der Waals surface area contributed by atoms with Crippen molar-refractivity contribution in [3.05, 3.63) is 45.6 Å². The lowest BCUT2D eigenvalue weighted by Crippen LogP contribution is -1.94. The predicted octanol–water partition coefficient (Wildman–Crippen LogP) is 3.48. The lowest BCUT2D eigenvalue weighted by atomic mass is 10.1. The van der Waals surface area contributed by atoms with Crippen LogP contribution in [0.3, 0.4) is 0 Å². The molecule has 0 heterocycles. The summed E-state index contributed by atoms with van der Waals surface area (Å²) >= 11 is 3.34. The largest absolute Gasteiger partial charge is 0.477 e. The summed E-state index contributed by atoms with van der Waals surface area (Å²) in [5.74, 6) is -0.938. The number of halogens is 1. The van der Waals surface area contributed by atoms with E-state index < -0.39 is 5.97 Å². The maximum atomic E-state index is 10.6. The summed E-state index contributed by atoms with van der Waals surface area (Å²) in [6.07, 6.45) is 0. The third-order valence-corrected chi connectivity index (χ3v) is 2.50. The smallest absolute Gasteiger partial charge is 0.339 e. The molecular formula is C12H11BrO2. The molecule has 0 bridgehead atoms. The Bertz CT molecular complexity index is 437. The highest BCUT2D eigenvalue weighted by atomic mass is 79.9. The molecule has 0 atom stereocenters. The first-order valence-electron chi connectivity index (χ1n) is 4.44. The summed E-state index contributed by atoms with van der Waals surface area (Å²) in [6.45, 7) is 3.38. The monoisotopic (exact) mass is 266 g/mol. The molecule has 2 nitrogen and oxygen atoms in total. The molecule has 0 aromatic heterocycles. The number of aliphatic carboxylic acids is 1. The van der Waals surface area contributed by atoms with Crippen LogP contribution in [0.4, 0.5) is 0 Å². The van der Waals surface area contributed by atoms with Crippen molar-refractivity contribution in [2.24, 2.45) is 0 Å². The Morgan fingerprint density at radius 1 is 1.27 bits per heavy atom. The zero-order chi connectivity index (χ0) is 11.4. The van der Waals surface area contributed by atoms with E-state index in [9.17, 15) is 4.79 Å². The number of carboxylic acid groups (broad SMARTS) is 1. The van der Waals surface area contributed by atoms with E-state index in [-0.39, 0.29) is 5.57 Å². The van der Waals surface area contributed by atoms with Gasteiger partial charge in [0, 0.05) is 4.47 Å². The average molecular weight is 267 g/mol. The van der Waals surface area contributed by atoms with Crippen molar-refractivity contribution >= 4 is 27.5 Å². The normalized spacial score (nSPS) is 9.27. The van der Waals surface area contributed by atoms with Crippen LogP contribution in [0.25, 0.3) is 5.57 Å². The third-order valence-electron chi connectivity index (χ3n) is 1.97. The molecule has 0 aliphatic heterocycles. The van der Waals surface area contributed by atoms with Gasteiger partial charge in [-0.05, 0) is 37.1 Å². The summed E-state index contributed by atoms with van der Waals surface area (Å²) in [7, 11) is 0. The van der Waals surface area contributed by atoms with Crippen LogP contribution in [0.1, 0.15) is 19.4 Å². The first-order valence-corrected chi connectivity index (χ1v) is 5.23. The summed E-state index contributed by atoms with van der Waals surface area (Å²) in [6, 6.07) is 7.66. The number of carbonyl (C=O) groups is 1. The maximum Gasteiger partial charge on any atom is 0.339 e. The topological polar surface area (TPSA) is 37.3 Å². The molecule has 0 aliphatic rings. The second-order valence-electron chi connectivity index (χ2n) is 3.19. The molecule has 0 fully saturated rings. The van der Waals surface area contributed by atoms with Crippen molar-refractivity contribution in [1.29, 1.82) is 0 Å². The van der Waals surface area contributed by atoms with E-state index in [1.807, 2.05) is 31.2 Å². The molecule has 0 aliphatic carbocycles.